The van der Waals surface area contributed by atoms with Gasteiger partial charge in [-0.05, 0) is 27.8 Å². The summed E-state index contributed by atoms with van der Waals surface area (Å²) in [5, 5.41) is 8.14. The Balaban J connectivity index is 2.21. The van der Waals surface area contributed by atoms with E-state index in [1.165, 1.54) is 10.2 Å². The molecular weight excluding hydrogens is 316 g/mol. The van der Waals surface area contributed by atoms with Crippen LogP contribution in [-0.4, -0.2) is 40.4 Å². The van der Waals surface area contributed by atoms with Crippen molar-refractivity contribution in [3.8, 4) is 0 Å². The molecule has 0 bridgehead atoms. The van der Waals surface area contributed by atoms with Gasteiger partial charge in [-0.15, -0.1) is 0 Å². The maximum Gasteiger partial charge on any atom is 0.0767 e. The van der Waals surface area contributed by atoms with Crippen molar-refractivity contribution in [2.75, 3.05) is 19.6 Å². The molecule has 0 aromatic carbocycles. The van der Waals surface area contributed by atoms with E-state index in [1.54, 1.807) is 0 Å². The van der Waals surface area contributed by atoms with Crippen LogP contribution in [-0.2, 0) is 20.0 Å². The first-order valence-corrected chi connectivity index (χ1v) is 8.29. The summed E-state index contributed by atoms with van der Waals surface area (Å²) >= 11 is 3.73. The van der Waals surface area contributed by atoms with Crippen molar-refractivity contribution >= 4 is 15.9 Å². The van der Waals surface area contributed by atoms with Crippen molar-refractivity contribution in [2.24, 2.45) is 12.5 Å². The fourth-order valence-electron chi connectivity index (χ4n) is 2.97. The Morgan fingerprint density at radius 2 is 2.10 bits per heavy atom. The number of hydrogen-bond acceptors (Lipinski definition) is 3. The molecule has 1 aromatic rings. The smallest absolute Gasteiger partial charge is 0.0767 e. The van der Waals surface area contributed by atoms with Gasteiger partial charge < -0.3 is 5.32 Å². The lowest BCUT2D eigenvalue weighted by molar-refractivity contribution is 0.0667. The first kappa shape index (κ1) is 16.0. The number of aromatic nitrogens is 2. The second-order valence-corrected chi connectivity index (χ2v) is 7.53. The molecule has 2 heterocycles. The van der Waals surface area contributed by atoms with Gasteiger partial charge in [0.1, 0.15) is 0 Å². The Kier molecular flexibility index (Phi) is 4.92. The molecule has 0 radical (unpaired) electrons. The summed E-state index contributed by atoms with van der Waals surface area (Å²) in [6.45, 7) is 13.3. The molecule has 1 atom stereocenters. The lowest BCUT2D eigenvalue weighted by Crippen LogP contribution is -2.56. The van der Waals surface area contributed by atoms with Crippen LogP contribution in [0, 0.1) is 5.41 Å². The van der Waals surface area contributed by atoms with Gasteiger partial charge in [0, 0.05) is 39.3 Å². The van der Waals surface area contributed by atoms with Crippen LogP contribution in [0.1, 0.15) is 39.1 Å². The van der Waals surface area contributed by atoms with E-state index in [0.717, 1.165) is 38.3 Å². The van der Waals surface area contributed by atoms with E-state index in [-0.39, 0.29) is 5.41 Å². The van der Waals surface area contributed by atoms with Crippen LogP contribution >= 0.6 is 15.9 Å². The second-order valence-electron chi connectivity index (χ2n) is 6.74. The third-order valence-corrected chi connectivity index (χ3v) is 5.13. The van der Waals surface area contributed by atoms with Gasteiger partial charge in [0.05, 0.1) is 15.9 Å². The van der Waals surface area contributed by atoms with Crippen molar-refractivity contribution in [1.29, 1.82) is 0 Å². The van der Waals surface area contributed by atoms with Crippen LogP contribution in [0.5, 0.6) is 0 Å². The van der Waals surface area contributed by atoms with Gasteiger partial charge in [-0.1, -0.05) is 27.7 Å². The first-order chi connectivity index (χ1) is 9.34. The number of piperazine rings is 1. The summed E-state index contributed by atoms with van der Waals surface area (Å²) in [7, 11) is 2.05. The molecule has 4 nitrogen and oxygen atoms in total. The molecule has 1 aliphatic heterocycles. The topological polar surface area (TPSA) is 33.1 Å². The molecule has 114 valence electrons. The number of aryl methyl sites for hydroxylation is 2. The highest BCUT2D eigenvalue weighted by atomic mass is 79.9. The summed E-state index contributed by atoms with van der Waals surface area (Å²) in [5.74, 6) is 0. The van der Waals surface area contributed by atoms with E-state index in [0.29, 0.717) is 6.04 Å². The van der Waals surface area contributed by atoms with Crippen molar-refractivity contribution in [1.82, 2.24) is 20.0 Å². The Labute approximate surface area is 131 Å². The average Bonchev–Trinajstić information content (AvgIpc) is 2.65. The largest absolute Gasteiger partial charge is 0.314 e. The van der Waals surface area contributed by atoms with Crippen LogP contribution in [0.15, 0.2) is 4.47 Å². The average molecular weight is 343 g/mol. The minimum atomic E-state index is 0.284. The highest BCUT2D eigenvalue weighted by Crippen LogP contribution is 2.29. The Bertz CT molecular complexity index is 461. The number of nitrogens with zero attached hydrogens (tertiary/aromatic N) is 3. The van der Waals surface area contributed by atoms with E-state index in [1.807, 2.05) is 11.7 Å². The summed E-state index contributed by atoms with van der Waals surface area (Å²) in [6.07, 6.45) is 0.971. The van der Waals surface area contributed by atoms with E-state index < -0.39 is 0 Å². The quantitative estimate of drug-likeness (QED) is 0.916. The van der Waals surface area contributed by atoms with Gasteiger partial charge in [-0.25, -0.2) is 0 Å². The van der Waals surface area contributed by atoms with Crippen LogP contribution in [0.25, 0.3) is 0 Å². The summed E-state index contributed by atoms with van der Waals surface area (Å²) < 4.78 is 3.22. The summed E-state index contributed by atoms with van der Waals surface area (Å²) in [4.78, 5) is 2.59. The van der Waals surface area contributed by atoms with E-state index in [2.05, 4.69) is 58.9 Å². The molecule has 2 rings (SSSR count). The number of nitrogens with one attached hydrogen (secondary N) is 1. The highest BCUT2D eigenvalue weighted by molar-refractivity contribution is 9.10. The van der Waals surface area contributed by atoms with Crippen molar-refractivity contribution < 1.29 is 0 Å². The van der Waals surface area contributed by atoms with Crippen LogP contribution in [0.4, 0.5) is 0 Å². The predicted molar refractivity (Wildman–Crippen MR) is 86.8 cm³/mol. The van der Waals surface area contributed by atoms with Crippen molar-refractivity contribution in [3.05, 3.63) is 15.9 Å². The molecule has 5 heteroatoms. The molecule has 1 fully saturated rings. The third kappa shape index (κ3) is 3.26. The molecule has 0 saturated carbocycles. The Morgan fingerprint density at radius 3 is 2.65 bits per heavy atom. The third-order valence-electron chi connectivity index (χ3n) is 4.21. The molecule has 1 aliphatic rings. The molecule has 0 amide bonds. The van der Waals surface area contributed by atoms with Gasteiger partial charge in [0.25, 0.3) is 0 Å². The normalized spacial score (nSPS) is 21.4. The van der Waals surface area contributed by atoms with Crippen LogP contribution in [0.3, 0.4) is 0 Å². The lowest BCUT2D eigenvalue weighted by atomic mass is 9.84. The maximum atomic E-state index is 4.61. The molecular formula is C15H27BrN4. The summed E-state index contributed by atoms with van der Waals surface area (Å²) in [6, 6.07) is 0.558. The van der Waals surface area contributed by atoms with Gasteiger partial charge in [-0.2, -0.15) is 5.10 Å². The van der Waals surface area contributed by atoms with E-state index >= 15 is 0 Å². The zero-order valence-electron chi connectivity index (χ0n) is 13.3. The molecule has 1 aromatic heterocycles. The Morgan fingerprint density at radius 1 is 1.40 bits per heavy atom. The second kappa shape index (κ2) is 6.16. The molecule has 1 unspecified atom stereocenters. The molecule has 1 saturated heterocycles. The molecule has 1 N–H and O–H groups in total. The van der Waals surface area contributed by atoms with Crippen molar-refractivity contribution in [3.63, 3.8) is 0 Å². The fourth-order valence-corrected chi connectivity index (χ4v) is 3.72. The lowest BCUT2D eigenvalue weighted by Gasteiger charge is -2.43. The first-order valence-electron chi connectivity index (χ1n) is 7.49. The minimum absolute atomic E-state index is 0.284. The maximum absolute atomic E-state index is 4.61. The van der Waals surface area contributed by atoms with Gasteiger partial charge >= 0.3 is 0 Å². The molecule has 20 heavy (non-hydrogen) atoms. The number of hydrogen-bond donors (Lipinski definition) is 1. The van der Waals surface area contributed by atoms with E-state index in [4.69, 9.17) is 0 Å². The number of halogens is 1. The minimum Gasteiger partial charge on any atom is -0.314 e. The Hall–Kier alpha value is -0.390. The monoisotopic (exact) mass is 342 g/mol. The van der Waals surface area contributed by atoms with E-state index in [9.17, 15) is 0 Å². The zero-order valence-corrected chi connectivity index (χ0v) is 14.9. The van der Waals surface area contributed by atoms with Crippen LogP contribution in [0.2, 0.25) is 0 Å². The van der Waals surface area contributed by atoms with Gasteiger partial charge in [0.15, 0.2) is 0 Å². The predicted octanol–water partition coefficient (Wildman–Crippen LogP) is 2.56. The molecule has 0 spiro atoms. The van der Waals surface area contributed by atoms with Gasteiger partial charge in [-0.3, -0.25) is 9.58 Å². The fraction of sp³-hybridized carbons (Fsp3) is 0.800. The van der Waals surface area contributed by atoms with Gasteiger partial charge in [0.2, 0.25) is 0 Å². The SMILES string of the molecule is CCc1nn(C)c(CN2CCNCC2C(C)(C)C)c1Br. The standard InChI is InChI=1S/C15H27BrN4/c1-6-11-14(16)12(19(5)18-11)10-20-8-7-17-9-13(20)15(2,3)4/h13,17H,6-10H2,1-5H3. The number of rotatable bonds is 3. The van der Waals surface area contributed by atoms with Crippen LogP contribution < -0.4 is 5.32 Å². The zero-order chi connectivity index (χ0) is 14.9. The highest BCUT2D eigenvalue weighted by Gasteiger charge is 2.33. The summed E-state index contributed by atoms with van der Waals surface area (Å²) in [5.41, 5.74) is 2.73. The van der Waals surface area contributed by atoms with Crippen molar-refractivity contribution in [2.45, 2.75) is 46.7 Å². The molecule has 0 aliphatic carbocycles.